The van der Waals surface area contributed by atoms with Crippen molar-refractivity contribution in [2.45, 2.75) is 69.4 Å². The van der Waals surface area contributed by atoms with E-state index in [1.54, 1.807) is 0 Å². The molecule has 3 fully saturated rings. The Labute approximate surface area is 271 Å². The number of anilines is 1. The summed E-state index contributed by atoms with van der Waals surface area (Å²) in [6, 6.07) is 12.0. The van der Waals surface area contributed by atoms with E-state index in [0.717, 1.165) is 58.8 Å². The molecule has 0 spiro atoms. The Morgan fingerprint density at radius 1 is 0.907 bits per heavy atom. The first-order valence-corrected chi connectivity index (χ1v) is 17.3. The summed E-state index contributed by atoms with van der Waals surface area (Å²) in [5, 5.41) is 4.42. The van der Waals surface area contributed by atoms with Gasteiger partial charge in [-0.2, -0.15) is 0 Å². The number of aromatic amines is 1. The number of aromatic nitrogens is 1. The van der Waals surface area contributed by atoms with Crippen molar-refractivity contribution in [2.75, 3.05) is 45.0 Å². The van der Waals surface area contributed by atoms with Crippen molar-refractivity contribution >= 4 is 60.4 Å². The van der Waals surface area contributed by atoms with E-state index in [1.165, 1.54) is 43.3 Å². The maximum atomic E-state index is 14.0. The molecule has 43 heavy (non-hydrogen) atoms. The standard InChI is InChI=1S/C33H42Br2N6O2/c34-27-18-22(19-28(35)31(27)36)20-30(32(42)40-16-10-24(11-17-40)39-12-4-1-5-13-39)38-33(43)41-14-8-23(9-15-41)26-21-37-29-7-3-2-6-25(26)29/h2-3,6-7,18-19,21,23-24,30,37H,1,4-5,8-17,20,36H2,(H,38,43)/t30-/m1/s1. The Kier molecular flexibility index (Phi) is 9.64. The zero-order valence-corrected chi connectivity index (χ0v) is 27.8. The number of halogens is 2. The molecular formula is C33H42Br2N6O2. The summed E-state index contributed by atoms with van der Waals surface area (Å²) in [6.45, 7) is 5.15. The molecule has 3 saturated heterocycles. The minimum atomic E-state index is -0.646. The number of rotatable bonds is 6. The molecule has 0 unspecified atom stereocenters. The van der Waals surface area contributed by atoms with Gasteiger partial charge < -0.3 is 30.7 Å². The van der Waals surface area contributed by atoms with Crippen LogP contribution in [0.2, 0.25) is 0 Å². The number of urea groups is 1. The molecule has 3 aliphatic heterocycles. The average Bonchev–Trinajstić information content (AvgIpc) is 3.48. The first-order valence-electron chi connectivity index (χ1n) is 15.7. The molecule has 0 bridgehead atoms. The summed E-state index contributed by atoms with van der Waals surface area (Å²) < 4.78 is 1.55. The van der Waals surface area contributed by atoms with Crippen LogP contribution in [-0.2, 0) is 11.2 Å². The van der Waals surface area contributed by atoms with Crippen LogP contribution in [0, 0.1) is 0 Å². The Morgan fingerprint density at radius 3 is 2.26 bits per heavy atom. The summed E-state index contributed by atoms with van der Waals surface area (Å²) >= 11 is 7.08. The Bertz CT molecular complexity index is 1420. The smallest absolute Gasteiger partial charge is 0.318 e. The van der Waals surface area contributed by atoms with Gasteiger partial charge in [0.1, 0.15) is 6.04 Å². The van der Waals surface area contributed by atoms with Crippen molar-refractivity contribution in [3.8, 4) is 0 Å². The molecule has 1 atom stereocenters. The third-order valence-electron chi connectivity index (χ3n) is 9.70. The number of para-hydroxylation sites is 1. The van der Waals surface area contributed by atoms with E-state index in [4.69, 9.17) is 5.73 Å². The van der Waals surface area contributed by atoms with Gasteiger partial charge in [0.05, 0.1) is 5.69 Å². The van der Waals surface area contributed by atoms with Gasteiger partial charge in [0.15, 0.2) is 0 Å². The number of carbonyl (C=O) groups is 2. The molecule has 1 aromatic heterocycles. The van der Waals surface area contributed by atoms with E-state index in [0.29, 0.717) is 37.2 Å². The van der Waals surface area contributed by atoms with Crippen LogP contribution in [0.4, 0.5) is 10.5 Å². The van der Waals surface area contributed by atoms with Crippen LogP contribution in [0.1, 0.15) is 62.0 Å². The zero-order chi connectivity index (χ0) is 29.9. The van der Waals surface area contributed by atoms with Crippen molar-refractivity contribution in [3.63, 3.8) is 0 Å². The van der Waals surface area contributed by atoms with Gasteiger partial charge in [-0.25, -0.2) is 4.79 Å². The largest absolute Gasteiger partial charge is 0.397 e. The van der Waals surface area contributed by atoms with E-state index < -0.39 is 6.04 Å². The van der Waals surface area contributed by atoms with E-state index in [-0.39, 0.29) is 11.9 Å². The zero-order valence-electron chi connectivity index (χ0n) is 24.7. The number of H-pyrrole nitrogens is 1. The van der Waals surface area contributed by atoms with Gasteiger partial charge in [-0.1, -0.05) is 24.6 Å². The highest BCUT2D eigenvalue weighted by Crippen LogP contribution is 2.34. The third-order valence-corrected chi connectivity index (χ3v) is 11.0. The van der Waals surface area contributed by atoms with Gasteiger partial charge in [0.2, 0.25) is 5.91 Å². The number of hydrogen-bond acceptors (Lipinski definition) is 4. The van der Waals surface area contributed by atoms with Crippen molar-refractivity contribution in [1.82, 2.24) is 25.0 Å². The average molecular weight is 715 g/mol. The van der Waals surface area contributed by atoms with Crippen LogP contribution in [-0.4, -0.2) is 83.0 Å². The molecule has 3 amide bonds. The number of amides is 3. The fourth-order valence-corrected chi connectivity index (χ4v) is 8.49. The van der Waals surface area contributed by atoms with Crippen LogP contribution in [0.5, 0.6) is 0 Å². The normalized spacial score (nSPS) is 20.0. The van der Waals surface area contributed by atoms with Gasteiger partial charge in [-0.05, 0) is 119 Å². The number of nitrogens with two attached hydrogens (primary N) is 1. The summed E-state index contributed by atoms with van der Waals surface area (Å²) in [7, 11) is 0. The van der Waals surface area contributed by atoms with Crippen LogP contribution in [0.25, 0.3) is 10.9 Å². The number of hydrogen-bond donors (Lipinski definition) is 3. The molecule has 6 rings (SSSR count). The molecule has 230 valence electrons. The molecule has 8 nitrogen and oxygen atoms in total. The van der Waals surface area contributed by atoms with Gasteiger partial charge in [-0.3, -0.25) is 4.79 Å². The SMILES string of the molecule is Nc1c(Br)cc(C[C@@H](NC(=O)N2CCC(c3c[nH]c4ccccc34)CC2)C(=O)N2CCC(N3CCCCC3)CC2)cc1Br. The van der Waals surface area contributed by atoms with E-state index in [9.17, 15) is 9.59 Å². The number of benzene rings is 2. The Morgan fingerprint density at radius 2 is 1.56 bits per heavy atom. The van der Waals surface area contributed by atoms with Gasteiger partial charge in [-0.15, -0.1) is 0 Å². The minimum Gasteiger partial charge on any atom is -0.397 e. The van der Waals surface area contributed by atoms with E-state index >= 15 is 0 Å². The van der Waals surface area contributed by atoms with Crippen molar-refractivity contribution < 1.29 is 9.59 Å². The summed E-state index contributed by atoms with van der Waals surface area (Å²) in [5.74, 6) is 0.409. The number of likely N-dealkylation sites (tertiary alicyclic amines) is 3. The number of nitrogens with zero attached hydrogens (tertiary/aromatic N) is 3. The quantitative estimate of drug-likeness (QED) is 0.263. The van der Waals surface area contributed by atoms with E-state index in [2.05, 4.69) is 71.5 Å². The fourth-order valence-electron chi connectivity index (χ4n) is 7.21. The van der Waals surface area contributed by atoms with Gasteiger partial charge in [0.25, 0.3) is 0 Å². The molecule has 2 aromatic carbocycles. The lowest BCUT2D eigenvalue weighted by Gasteiger charge is -2.41. The molecule has 3 aromatic rings. The summed E-state index contributed by atoms with van der Waals surface area (Å²) in [4.78, 5) is 37.5. The Hall–Kier alpha value is -2.56. The monoisotopic (exact) mass is 712 g/mol. The second-order valence-corrected chi connectivity index (χ2v) is 14.1. The summed E-state index contributed by atoms with van der Waals surface area (Å²) in [5.41, 5.74) is 10.2. The molecular weight excluding hydrogens is 672 g/mol. The maximum absolute atomic E-state index is 14.0. The van der Waals surface area contributed by atoms with Crippen LogP contribution < -0.4 is 11.1 Å². The molecule has 10 heteroatoms. The highest BCUT2D eigenvalue weighted by atomic mass is 79.9. The topological polar surface area (TPSA) is 97.7 Å². The number of nitrogen functional groups attached to an aromatic ring is 1. The molecule has 0 radical (unpaired) electrons. The predicted octanol–water partition coefficient (Wildman–Crippen LogP) is 6.25. The third kappa shape index (κ3) is 6.91. The lowest BCUT2D eigenvalue weighted by molar-refractivity contribution is -0.134. The lowest BCUT2D eigenvalue weighted by atomic mass is 9.89. The number of carbonyl (C=O) groups excluding carboxylic acids is 2. The van der Waals surface area contributed by atoms with Crippen molar-refractivity contribution in [2.24, 2.45) is 0 Å². The predicted molar refractivity (Wildman–Crippen MR) is 179 cm³/mol. The number of nitrogens with one attached hydrogen (secondary N) is 2. The van der Waals surface area contributed by atoms with Gasteiger partial charge >= 0.3 is 6.03 Å². The van der Waals surface area contributed by atoms with Gasteiger partial charge in [0, 0.05) is 64.7 Å². The van der Waals surface area contributed by atoms with Crippen LogP contribution >= 0.6 is 31.9 Å². The van der Waals surface area contributed by atoms with Crippen LogP contribution in [0.3, 0.4) is 0 Å². The first kappa shape index (κ1) is 30.5. The number of piperidine rings is 3. The van der Waals surface area contributed by atoms with Crippen LogP contribution in [0.15, 0.2) is 51.5 Å². The molecule has 0 saturated carbocycles. The first-order chi connectivity index (χ1) is 20.9. The fraction of sp³-hybridized carbons (Fsp3) is 0.515. The molecule has 4 N–H and O–H groups in total. The second-order valence-electron chi connectivity index (χ2n) is 12.4. The molecule has 4 heterocycles. The highest BCUT2D eigenvalue weighted by Gasteiger charge is 2.34. The molecule has 0 aliphatic carbocycles. The maximum Gasteiger partial charge on any atom is 0.318 e. The van der Waals surface area contributed by atoms with E-state index in [1.807, 2.05) is 28.0 Å². The van der Waals surface area contributed by atoms with Crippen molar-refractivity contribution in [1.29, 1.82) is 0 Å². The Balaban J connectivity index is 1.12. The minimum absolute atomic E-state index is 0.00296. The molecule has 3 aliphatic rings. The number of fused-ring (bicyclic) bond motifs is 1. The summed E-state index contributed by atoms with van der Waals surface area (Å²) in [6.07, 6.45) is 10.2. The van der Waals surface area contributed by atoms with Crippen molar-refractivity contribution in [3.05, 3.63) is 62.7 Å². The second kappa shape index (κ2) is 13.6. The lowest BCUT2D eigenvalue weighted by Crippen LogP contribution is -2.56. The highest BCUT2D eigenvalue weighted by molar-refractivity contribution is 9.11.